The molecule has 0 aliphatic carbocycles. The topological polar surface area (TPSA) is 55.9 Å². The lowest BCUT2D eigenvalue weighted by molar-refractivity contribution is 0.499. The predicted molar refractivity (Wildman–Crippen MR) is 66.7 cm³/mol. The summed E-state index contributed by atoms with van der Waals surface area (Å²) in [7, 11) is 1.95. The average Bonchev–Trinajstić information content (AvgIpc) is 2.86. The van der Waals surface area contributed by atoms with E-state index in [1.165, 1.54) is 0 Å². The quantitative estimate of drug-likeness (QED) is 0.883. The molecule has 5 heteroatoms. The molecule has 0 saturated heterocycles. The van der Waals surface area contributed by atoms with Gasteiger partial charge in [0.1, 0.15) is 5.69 Å². The lowest BCUT2D eigenvalue weighted by atomic mass is 10.0. The van der Waals surface area contributed by atoms with Crippen LogP contribution >= 0.6 is 0 Å². The zero-order valence-corrected chi connectivity index (χ0v) is 10.7. The first kappa shape index (κ1) is 11.7. The van der Waals surface area contributed by atoms with Crippen LogP contribution in [-0.4, -0.2) is 20.3 Å². The molecule has 2 aromatic heterocycles. The molecule has 0 amide bonds. The molecule has 0 atom stereocenters. The lowest BCUT2D eigenvalue weighted by Crippen LogP contribution is -2.29. The van der Waals surface area contributed by atoms with Crippen LogP contribution in [0.5, 0.6) is 0 Å². The van der Waals surface area contributed by atoms with Crippen LogP contribution in [0, 0.1) is 0 Å². The normalized spacial score (nSPS) is 11.8. The summed E-state index contributed by atoms with van der Waals surface area (Å²) in [5.41, 5.74) is 0.873. The minimum absolute atomic E-state index is 0.0436. The van der Waals surface area contributed by atoms with Crippen molar-refractivity contribution in [3.8, 4) is 11.6 Å². The maximum absolute atomic E-state index is 5.59. The minimum Gasteiger partial charge on any atom is -0.402 e. The molecular formula is C12H18N4O. The first-order chi connectivity index (χ1) is 8.02. The molecule has 0 saturated carbocycles. The van der Waals surface area contributed by atoms with Gasteiger partial charge >= 0.3 is 6.01 Å². The highest BCUT2D eigenvalue weighted by Crippen LogP contribution is 2.22. The van der Waals surface area contributed by atoms with Crippen LogP contribution in [0.3, 0.4) is 0 Å². The zero-order chi connectivity index (χ0) is 12.5. The highest BCUT2D eigenvalue weighted by Gasteiger charge is 2.18. The highest BCUT2D eigenvalue weighted by atomic mass is 16.4. The van der Waals surface area contributed by atoms with Crippen LogP contribution in [0.15, 0.2) is 22.7 Å². The second-order valence-electron chi connectivity index (χ2n) is 4.78. The Kier molecular flexibility index (Phi) is 2.92. The molecule has 1 N–H and O–H groups in total. The Labute approximate surface area is 101 Å². The summed E-state index contributed by atoms with van der Waals surface area (Å²) in [5, 5.41) is 11.3. The van der Waals surface area contributed by atoms with E-state index in [9.17, 15) is 0 Å². The Morgan fingerprint density at radius 2 is 2.18 bits per heavy atom. The van der Waals surface area contributed by atoms with Crippen LogP contribution < -0.4 is 5.32 Å². The summed E-state index contributed by atoms with van der Waals surface area (Å²) in [5.74, 6) is 0.534. The van der Waals surface area contributed by atoms with Crippen LogP contribution in [0.2, 0.25) is 0 Å². The van der Waals surface area contributed by atoms with Crippen LogP contribution in [0.1, 0.15) is 27.2 Å². The lowest BCUT2D eigenvalue weighted by Gasteiger charge is -2.22. The van der Waals surface area contributed by atoms with E-state index in [1.807, 2.05) is 29.9 Å². The van der Waals surface area contributed by atoms with Crippen molar-refractivity contribution in [2.75, 3.05) is 5.32 Å². The van der Waals surface area contributed by atoms with Crippen LogP contribution in [-0.2, 0) is 7.05 Å². The van der Waals surface area contributed by atoms with Gasteiger partial charge in [0.15, 0.2) is 0 Å². The third-order valence-corrected chi connectivity index (χ3v) is 2.92. The highest BCUT2D eigenvalue weighted by molar-refractivity contribution is 5.48. The van der Waals surface area contributed by atoms with Gasteiger partial charge in [0.2, 0.25) is 0 Å². The molecular weight excluding hydrogens is 216 g/mol. The third kappa shape index (κ3) is 2.49. The van der Waals surface area contributed by atoms with Gasteiger partial charge in [-0.15, -0.1) is 5.10 Å². The second-order valence-corrected chi connectivity index (χ2v) is 4.78. The molecule has 0 radical (unpaired) electrons. The summed E-state index contributed by atoms with van der Waals surface area (Å²) in [4.78, 5) is 0. The molecule has 0 unspecified atom stereocenters. The Morgan fingerprint density at radius 1 is 1.41 bits per heavy atom. The number of aryl methyl sites for hydroxylation is 1. The van der Waals surface area contributed by atoms with Crippen molar-refractivity contribution < 1.29 is 4.42 Å². The van der Waals surface area contributed by atoms with Gasteiger partial charge in [0, 0.05) is 18.8 Å². The van der Waals surface area contributed by atoms with E-state index < -0.39 is 0 Å². The molecule has 17 heavy (non-hydrogen) atoms. The van der Waals surface area contributed by atoms with Crippen LogP contribution in [0.25, 0.3) is 11.6 Å². The van der Waals surface area contributed by atoms with Gasteiger partial charge in [-0.3, -0.25) is 0 Å². The van der Waals surface area contributed by atoms with E-state index in [4.69, 9.17) is 4.42 Å². The van der Waals surface area contributed by atoms with Gasteiger partial charge in [0.05, 0.1) is 0 Å². The number of nitrogens with zero attached hydrogens (tertiary/aromatic N) is 3. The molecule has 2 aromatic rings. The summed E-state index contributed by atoms with van der Waals surface area (Å²) in [6.07, 6.45) is 2.93. The van der Waals surface area contributed by atoms with Gasteiger partial charge in [-0.25, -0.2) is 0 Å². The van der Waals surface area contributed by atoms with Crippen LogP contribution in [0.4, 0.5) is 6.01 Å². The van der Waals surface area contributed by atoms with Crippen molar-refractivity contribution in [3.63, 3.8) is 0 Å². The molecule has 2 rings (SSSR count). The van der Waals surface area contributed by atoms with Crippen molar-refractivity contribution in [1.82, 2.24) is 14.8 Å². The van der Waals surface area contributed by atoms with Gasteiger partial charge in [-0.1, -0.05) is 12.0 Å². The number of nitrogens with one attached hydrogen (secondary N) is 1. The Bertz CT molecular complexity index is 498. The predicted octanol–water partition coefficient (Wildman–Crippen LogP) is 2.68. The number of hydrogen-bond donors (Lipinski definition) is 1. The number of aromatic nitrogens is 3. The van der Waals surface area contributed by atoms with Crippen molar-refractivity contribution in [2.45, 2.75) is 32.7 Å². The fourth-order valence-electron chi connectivity index (χ4n) is 1.44. The molecule has 0 spiro atoms. The SMILES string of the molecule is CCC(C)(C)Nc1nnc(-c2cccn2C)o1. The van der Waals surface area contributed by atoms with Gasteiger partial charge in [-0.05, 0) is 32.4 Å². The molecule has 5 nitrogen and oxygen atoms in total. The van der Waals surface area contributed by atoms with E-state index in [0.717, 1.165) is 12.1 Å². The number of anilines is 1. The first-order valence-electron chi connectivity index (χ1n) is 5.75. The summed E-state index contributed by atoms with van der Waals surface area (Å²) < 4.78 is 7.54. The van der Waals surface area contributed by atoms with Crippen molar-refractivity contribution in [3.05, 3.63) is 18.3 Å². The largest absolute Gasteiger partial charge is 0.402 e. The molecule has 92 valence electrons. The van der Waals surface area contributed by atoms with Crippen molar-refractivity contribution >= 4 is 6.01 Å². The molecule has 0 aliphatic heterocycles. The Balaban J connectivity index is 2.20. The molecule has 0 bridgehead atoms. The Hall–Kier alpha value is -1.78. The average molecular weight is 234 g/mol. The molecule has 2 heterocycles. The van der Waals surface area contributed by atoms with E-state index in [1.54, 1.807) is 0 Å². The van der Waals surface area contributed by atoms with E-state index >= 15 is 0 Å². The summed E-state index contributed by atoms with van der Waals surface area (Å²) >= 11 is 0. The maximum atomic E-state index is 5.59. The van der Waals surface area contributed by atoms with E-state index in [2.05, 4.69) is 36.3 Å². The van der Waals surface area contributed by atoms with Crippen molar-refractivity contribution in [2.24, 2.45) is 7.05 Å². The molecule has 0 aliphatic rings. The fourth-order valence-corrected chi connectivity index (χ4v) is 1.44. The standard InChI is InChI=1S/C12H18N4O/c1-5-12(2,3)13-11-15-14-10(17-11)9-7-6-8-16(9)4/h6-8H,5H2,1-4H3,(H,13,15). The van der Waals surface area contributed by atoms with Gasteiger partial charge in [0.25, 0.3) is 5.89 Å². The van der Waals surface area contributed by atoms with Crippen molar-refractivity contribution in [1.29, 1.82) is 0 Å². The van der Waals surface area contributed by atoms with E-state index in [-0.39, 0.29) is 5.54 Å². The fraction of sp³-hybridized carbons (Fsp3) is 0.500. The number of hydrogen-bond acceptors (Lipinski definition) is 4. The monoisotopic (exact) mass is 234 g/mol. The summed E-state index contributed by atoms with van der Waals surface area (Å²) in [6.45, 7) is 6.31. The van der Waals surface area contributed by atoms with E-state index in [0.29, 0.717) is 11.9 Å². The minimum atomic E-state index is -0.0436. The molecule has 0 fully saturated rings. The first-order valence-corrected chi connectivity index (χ1v) is 5.75. The molecule has 0 aromatic carbocycles. The third-order valence-electron chi connectivity index (χ3n) is 2.92. The summed E-state index contributed by atoms with van der Waals surface area (Å²) in [6, 6.07) is 4.36. The van der Waals surface area contributed by atoms with Gasteiger partial charge in [-0.2, -0.15) is 0 Å². The smallest absolute Gasteiger partial charge is 0.316 e. The Morgan fingerprint density at radius 3 is 2.76 bits per heavy atom. The number of rotatable bonds is 4. The zero-order valence-electron chi connectivity index (χ0n) is 10.7. The van der Waals surface area contributed by atoms with Gasteiger partial charge < -0.3 is 14.3 Å². The maximum Gasteiger partial charge on any atom is 0.316 e. The second kappa shape index (κ2) is 4.24.